The second kappa shape index (κ2) is 6.22. The third-order valence-electron chi connectivity index (χ3n) is 2.17. The van der Waals surface area contributed by atoms with Gasteiger partial charge in [-0.1, -0.05) is 6.92 Å². The maximum atomic E-state index is 10.6. The van der Waals surface area contributed by atoms with E-state index >= 15 is 0 Å². The summed E-state index contributed by atoms with van der Waals surface area (Å²) in [5.74, 6) is -0.375. The molecular formula is C6H12BO6PY. The fourth-order valence-electron chi connectivity index (χ4n) is 1.40. The van der Waals surface area contributed by atoms with E-state index in [-0.39, 0.29) is 45.2 Å². The zero-order valence-electron chi connectivity index (χ0n) is 8.18. The van der Waals surface area contributed by atoms with Crippen LogP contribution in [-0.4, -0.2) is 47.6 Å². The van der Waals surface area contributed by atoms with E-state index in [9.17, 15) is 4.57 Å². The van der Waals surface area contributed by atoms with Crippen LogP contribution >= 0.6 is 7.82 Å². The molecule has 0 amide bonds. The Hall–Kier alpha value is 1.20. The third-order valence-corrected chi connectivity index (χ3v) is 2.69. The van der Waals surface area contributed by atoms with Crippen molar-refractivity contribution >= 4 is 15.7 Å². The molecule has 1 aliphatic heterocycles. The smallest absolute Gasteiger partial charge is 0.394 e. The normalized spacial score (nSPS) is 36.3. The molecular weight excluding hydrogens is 299 g/mol. The SMILES string of the molecule is [B]C1OC(CO)C(OP(=O)(O)O)C1C.[Y]. The van der Waals surface area contributed by atoms with Crippen molar-refractivity contribution in [2.24, 2.45) is 5.92 Å². The van der Waals surface area contributed by atoms with E-state index in [0.29, 0.717) is 0 Å². The second-order valence-corrected chi connectivity index (χ2v) is 4.43. The summed E-state index contributed by atoms with van der Waals surface area (Å²) < 4.78 is 20.1. The van der Waals surface area contributed by atoms with Crippen LogP contribution < -0.4 is 0 Å². The quantitative estimate of drug-likeness (QED) is 0.456. The maximum Gasteiger partial charge on any atom is 0.469 e. The molecule has 0 saturated carbocycles. The molecule has 1 aliphatic rings. The monoisotopic (exact) mass is 311 g/mol. The summed E-state index contributed by atoms with van der Waals surface area (Å²) in [6, 6.07) is -0.677. The number of aliphatic hydroxyl groups is 1. The van der Waals surface area contributed by atoms with Crippen LogP contribution in [0.1, 0.15) is 6.92 Å². The summed E-state index contributed by atoms with van der Waals surface area (Å²) in [6.45, 7) is 1.25. The van der Waals surface area contributed by atoms with Crippen LogP contribution in [0.2, 0.25) is 0 Å². The second-order valence-electron chi connectivity index (χ2n) is 3.24. The van der Waals surface area contributed by atoms with Crippen molar-refractivity contribution < 1.29 is 61.4 Å². The Bertz CT molecular complexity index is 248. The van der Waals surface area contributed by atoms with E-state index in [0.717, 1.165) is 0 Å². The first-order chi connectivity index (χ1) is 6.35. The molecule has 0 aromatic carbocycles. The summed E-state index contributed by atoms with van der Waals surface area (Å²) in [5, 5.41) is 8.86. The van der Waals surface area contributed by atoms with Crippen molar-refractivity contribution in [1.82, 2.24) is 0 Å². The molecule has 0 aliphatic carbocycles. The molecule has 6 nitrogen and oxygen atoms in total. The third kappa shape index (κ3) is 4.52. The average molecular weight is 311 g/mol. The van der Waals surface area contributed by atoms with Gasteiger partial charge in [0.05, 0.1) is 6.61 Å². The van der Waals surface area contributed by atoms with Crippen molar-refractivity contribution in [2.75, 3.05) is 6.61 Å². The first-order valence-electron chi connectivity index (χ1n) is 4.11. The topological polar surface area (TPSA) is 96.2 Å². The van der Waals surface area contributed by atoms with Gasteiger partial charge in [0.1, 0.15) is 20.1 Å². The van der Waals surface area contributed by atoms with E-state index < -0.39 is 26.0 Å². The van der Waals surface area contributed by atoms with Gasteiger partial charge < -0.3 is 19.6 Å². The molecule has 1 rings (SSSR count). The molecule has 1 fully saturated rings. The van der Waals surface area contributed by atoms with E-state index in [4.69, 9.17) is 27.5 Å². The summed E-state index contributed by atoms with van der Waals surface area (Å²) >= 11 is 0. The van der Waals surface area contributed by atoms with Gasteiger partial charge in [0.25, 0.3) is 0 Å². The standard InChI is InChI=1S/C6H12BO6P.Y/c1-3-5(13-14(9,10)11)4(2-8)12-6(3)7;/h3-6,8H,2H2,1H3,(H2,9,10,11);. The number of phosphoric ester groups is 1. The molecule has 4 unspecified atom stereocenters. The van der Waals surface area contributed by atoms with Crippen molar-refractivity contribution in [1.29, 1.82) is 0 Å². The molecule has 9 heteroatoms. The van der Waals surface area contributed by atoms with Crippen LogP contribution in [0.25, 0.3) is 0 Å². The maximum absolute atomic E-state index is 10.6. The number of hydrogen-bond donors (Lipinski definition) is 3. The number of hydrogen-bond acceptors (Lipinski definition) is 4. The average Bonchev–Trinajstić information content (AvgIpc) is 2.30. The van der Waals surface area contributed by atoms with Gasteiger partial charge in [0.2, 0.25) is 0 Å². The van der Waals surface area contributed by atoms with E-state index in [1.165, 1.54) is 0 Å². The Morgan fingerprint density at radius 1 is 1.53 bits per heavy atom. The van der Waals surface area contributed by atoms with Gasteiger partial charge in [0, 0.05) is 44.6 Å². The molecule has 0 spiro atoms. The Kier molecular flexibility index (Phi) is 6.72. The molecule has 1 saturated heterocycles. The molecule has 3 radical (unpaired) electrons. The number of rotatable bonds is 3. The summed E-state index contributed by atoms with van der Waals surface area (Å²) in [6.07, 6.45) is -1.66. The van der Waals surface area contributed by atoms with Crippen LogP contribution in [-0.2, 0) is 46.5 Å². The van der Waals surface area contributed by atoms with E-state index in [2.05, 4.69) is 4.52 Å². The molecule has 0 aromatic heterocycles. The predicted molar refractivity (Wildman–Crippen MR) is 47.6 cm³/mol. The van der Waals surface area contributed by atoms with E-state index in [1.54, 1.807) is 6.92 Å². The zero-order chi connectivity index (χ0) is 10.9. The van der Waals surface area contributed by atoms with Crippen LogP contribution in [0.15, 0.2) is 0 Å². The Morgan fingerprint density at radius 3 is 2.47 bits per heavy atom. The molecule has 0 aromatic rings. The minimum Gasteiger partial charge on any atom is -0.394 e. The molecule has 83 valence electrons. The van der Waals surface area contributed by atoms with Crippen molar-refractivity contribution in [2.45, 2.75) is 25.1 Å². The van der Waals surface area contributed by atoms with Gasteiger partial charge >= 0.3 is 7.82 Å². The van der Waals surface area contributed by atoms with E-state index in [1.807, 2.05) is 0 Å². The minimum absolute atomic E-state index is 0. The van der Waals surface area contributed by atoms with Crippen molar-refractivity contribution in [3.8, 4) is 0 Å². The molecule has 3 N–H and O–H groups in total. The summed E-state index contributed by atoms with van der Waals surface area (Å²) in [7, 11) is 0.911. The van der Waals surface area contributed by atoms with Crippen molar-refractivity contribution in [3.63, 3.8) is 0 Å². The van der Waals surface area contributed by atoms with Gasteiger partial charge in [-0.2, -0.15) is 0 Å². The van der Waals surface area contributed by atoms with Crippen LogP contribution in [0.5, 0.6) is 0 Å². The Labute approximate surface area is 114 Å². The van der Waals surface area contributed by atoms with Gasteiger partial charge in [-0.3, -0.25) is 4.52 Å². The fraction of sp³-hybridized carbons (Fsp3) is 1.00. The minimum atomic E-state index is -4.58. The number of ether oxygens (including phenoxy) is 1. The van der Waals surface area contributed by atoms with Crippen LogP contribution in [0.3, 0.4) is 0 Å². The van der Waals surface area contributed by atoms with Gasteiger partial charge in [-0.15, -0.1) is 0 Å². The first-order valence-corrected chi connectivity index (χ1v) is 5.64. The fourth-order valence-corrected chi connectivity index (χ4v) is 2.04. The zero-order valence-corrected chi connectivity index (χ0v) is 11.9. The largest absolute Gasteiger partial charge is 0.469 e. The summed E-state index contributed by atoms with van der Waals surface area (Å²) in [5.41, 5.74) is 0. The molecule has 4 atom stereocenters. The Morgan fingerprint density at radius 2 is 2.07 bits per heavy atom. The molecule has 0 bridgehead atoms. The predicted octanol–water partition coefficient (Wildman–Crippen LogP) is -1.02. The summed E-state index contributed by atoms with van der Waals surface area (Å²) in [4.78, 5) is 17.2. The van der Waals surface area contributed by atoms with Crippen LogP contribution in [0, 0.1) is 5.92 Å². The van der Waals surface area contributed by atoms with Gasteiger partial charge in [-0.05, 0) is 0 Å². The number of phosphoric acid groups is 1. The van der Waals surface area contributed by atoms with Gasteiger partial charge in [0.15, 0.2) is 0 Å². The number of aliphatic hydroxyl groups excluding tert-OH is 1. The Balaban J connectivity index is 0.00000196. The van der Waals surface area contributed by atoms with Gasteiger partial charge in [-0.25, -0.2) is 4.57 Å². The van der Waals surface area contributed by atoms with Crippen LogP contribution in [0.4, 0.5) is 0 Å². The molecule has 15 heavy (non-hydrogen) atoms. The molecule has 1 heterocycles. The first kappa shape index (κ1) is 16.2. The van der Waals surface area contributed by atoms with Crippen molar-refractivity contribution in [3.05, 3.63) is 0 Å².